The molecule has 0 spiro atoms. The molecule has 1 N–H and O–H groups in total. The van der Waals surface area contributed by atoms with Crippen molar-refractivity contribution in [2.45, 2.75) is 19.9 Å². The van der Waals surface area contributed by atoms with Gasteiger partial charge in [0.15, 0.2) is 11.5 Å². The lowest BCUT2D eigenvalue weighted by Crippen LogP contribution is -2.30. The maximum absolute atomic E-state index is 11.8. The van der Waals surface area contributed by atoms with Crippen molar-refractivity contribution in [2.75, 3.05) is 0 Å². The molecular weight excluding hydrogens is 287 g/mol. The molecule has 0 aliphatic carbocycles. The van der Waals surface area contributed by atoms with Crippen molar-refractivity contribution in [2.24, 2.45) is 0 Å². The van der Waals surface area contributed by atoms with Crippen LogP contribution in [0.3, 0.4) is 0 Å². The number of aromatic nitrogens is 1. The summed E-state index contributed by atoms with van der Waals surface area (Å²) in [6.07, 6.45) is 0. The Balaban J connectivity index is 2.28. The first kappa shape index (κ1) is 13.9. The molecule has 0 saturated carbocycles. The summed E-state index contributed by atoms with van der Waals surface area (Å²) in [6.45, 7) is 3.74. The van der Waals surface area contributed by atoms with Gasteiger partial charge in [0, 0.05) is 22.7 Å². The van der Waals surface area contributed by atoms with Crippen LogP contribution < -0.4 is 5.32 Å². The van der Waals surface area contributed by atoms with Gasteiger partial charge < -0.3 is 9.84 Å². The van der Waals surface area contributed by atoms with Gasteiger partial charge >= 0.3 is 0 Å². The van der Waals surface area contributed by atoms with Crippen molar-refractivity contribution < 1.29 is 9.32 Å². The van der Waals surface area contributed by atoms with E-state index < -0.39 is 0 Å². The second-order valence-corrected chi connectivity index (χ2v) is 5.17. The molecule has 0 aliphatic heterocycles. The van der Waals surface area contributed by atoms with E-state index in [1.54, 1.807) is 24.3 Å². The maximum atomic E-state index is 11.8. The topological polar surface area (TPSA) is 55.1 Å². The van der Waals surface area contributed by atoms with Crippen molar-refractivity contribution in [3.05, 3.63) is 40.0 Å². The Kier molecular flexibility index (Phi) is 4.12. The molecule has 0 saturated heterocycles. The van der Waals surface area contributed by atoms with Gasteiger partial charge in [0.2, 0.25) is 0 Å². The summed E-state index contributed by atoms with van der Waals surface area (Å²) < 4.78 is 5.14. The molecule has 0 fully saturated rings. The van der Waals surface area contributed by atoms with Crippen LogP contribution in [0.4, 0.5) is 0 Å². The average molecular weight is 299 g/mol. The minimum atomic E-state index is -0.282. The number of amides is 1. The van der Waals surface area contributed by atoms with Gasteiger partial charge in [-0.1, -0.05) is 28.4 Å². The Morgan fingerprint density at radius 1 is 1.32 bits per heavy atom. The molecule has 100 valence electrons. The number of carbonyl (C=O) groups excluding carboxylic acids is 1. The van der Waals surface area contributed by atoms with Crippen molar-refractivity contribution in [3.8, 4) is 11.3 Å². The molecule has 0 aliphatic rings. The highest BCUT2D eigenvalue weighted by Crippen LogP contribution is 2.30. The van der Waals surface area contributed by atoms with Gasteiger partial charge in [0.05, 0.1) is 5.02 Å². The number of rotatable bonds is 3. The highest BCUT2D eigenvalue weighted by atomic mass is 35.5. The zero-order valence-corrected chi connectivity index (χ0v) is 11.9. The maximum Gasteiger partial charge on any atom is 0.273 e. The fourth-order valence-corrected chi connectivity index (χ4v) is 2.04. The van der Waals surface area contributed by atoms with E-state index in [0.29, 0.717) is 21.4 Å². The fourth-order valence-electron chi connectivity index (χ4n) is 1.53. The highest BCUT2D eigenvalue weighted by Gasteiger charge is 2.16. The predicted molar refractivity (Wildman–Crippen MR) is 74.6 cm³/mol. The smallest absolute Gasteiger partial charge is 0.273 e. The van der Waals surface area contributed by atoms with Gasteiger partial charge in [-0.25, -0.2) is 0 Å². The van der Waals surface area contributed by atoms with E-state index in [2.05, 4.69) is 10.5 Å². The Labute approximate surface area is 120 Å². The summed E-state index contributed by atoms with van der Waals surface area (Å²) >= 11 is 11.9. The Morgan fingerprint density at radius 3 is 2.68 bits per heavy atom. The van der Waals surface area contributed by atoms with Crippen LogP contribution in [0.1, 0.15) is 24.3 Å². The normalized spacial score (nSPS) is 10.8. The van der Waals surface area contributed by atoms with Crippen LogP contribution in [-0.2, 0) is 0 Å². The van der Waals surface area contributed by atoms with Crippen LogP contribution in [0, 0.1) is 0 Å². The lowest BCUT2D eigenvalue weighted by molar-refractivity contribution is 0.0934. The summed E-state index contributed by atoms with van der Waals surface area (Å²) in [5.74, 6) is 0.144. The molecule has 4 nitrogen and oxygen atoms in total. The molecular formula is C13H12Cl2N2O2. The number of halogens is 2. The first-order valence-corrected chi connectivity index (χ1v) is 6.46. The summed E-state index contributed by atoms with van der Waals surface area (Å²) in [5.41, 5.74) is 0.858. The molecule has 19 heavy (non-hydrogen) atoms. The van der Waals surface area contributed by atoms with E-state index in [1.807, 2.05) is 13.8 Å². The van der Waals surface area contributed by atoms with Gasteiger partial charge in [-0.2, -0.15) is 0 Å². The molecule has 2 aromatic rings. The molecule has 1 aromatic carbocycles. The van der Waals surface area contributed by atoms with Crippen molar-refractivity contribution >= 4 is 29.1 Å². The van der Waals surface area contributed by atoms with Crippen molar-refractivity contribution in [1.82, 2.24) is 10.5 Å². The SMILES string of the molecule is CC(C)NC(=O)c1cc(-c2ccc(Cl)cc2Cl)on1. The molecule has 0 unspecified atom stereocenters. The van der Waals surface area contributed by atoms with E-state index in [4.69, 9.17) is 27.7 Å². The Morgan fingerprint density at radius 2 is 2.05 bits per heavy atom. The fraction of sp³-hybridized carbons (Fsp3) is 0.231. The number of benzene rings is 1. The third kappa shape index (κ3) is 3.28. The van der Waals surface area contributed by atoms with E-state index in [9.17, 15) is 4.79 Å². The molecule has 6 heteroatoms. The molecule has 0 bridgehead atoms. The summed E-state index contributed by atoms with van der Waals surface area (Å²) in [4.78, 5) is 11.8. The van der Waals surface area contributed by atoms with Gasteiger partial charge in [-0.3, -0.25) is 4.79 Å². The largest absolute Gasteiger partial charge is 0.355 e. The van der Waals surface area contributed by atoms with Crippen LogP contribution in [0.15, 0.2) is 28.8 Å². The first-order valence-electron chi connectivity index (χ1n) is 5.70. The highest BCUT2D eigenvalue weighted by molar-refractivity contribution is 6.36. The third-order valence-electron chi connectivity index (χ3n) is 2.36. The summed E-state index contributed by atoms with van der Waals surface area (Å²) in [6, 6.07) is 6.60. The minimum absolute atomic E-state index is 0.0340. The molecule has 0 radical (unpaired) electrons. The van der Waals surface area contributed by atoms with Crippen molar-refractivity contribution in [1.29, 1.82) is 0 Å². The summed E-state index contributed by atoms with van der Waals surface area (Å²) in [5, 5.41) is 7.44. The van der Waals surface area contributed by atoms with Crippen molar-refractivity contribution in [3.63, 3.8) is 0 Å². The summed E-state index contributed by atoms with van der Waals surface area (Å²) in [7, 11) is 0. The Bertz CT molecular complexity index is 608. The lowest BCUT2D eigenvalue weighted by atomic mass is 10.1. The lowest BCUT2D eigenvalue weighted by Gasteiger charge is -2.04. The molecule has 2 rings (SSSR count). The van der Waals surface area contributed by atoms with Gasteiger partial charge in [0.25, 0.3) is 5.91 Å². The number of nitrogens with zero attached hydrogens (tertiary/aromatic N) is 1. The second kappa shape index (κ2) is 5.63. The standard InChI is InChI=1S/C13H12Cl2N2O2/c1-7(2)16-13(18)11-6-12(19-17-11)9-4-3-8(14)5-10(9)15/h3-7H,1-2H3,(H,16,18). The van der Waals surface area contributed by atoms with Crippen LogP contribution in [0.2, 0.25) is 10.0 Å². The number of hydrogen-bond acceptors (Lipinski definition) is 3. The van der Waals surface area contributed by atoms with Crippen LogP contribution >= 0.6 is 23.2 Å². The predicted octanol–water partition coefficient (Wildman–Crippen LogP) is 3.79. The van der Waals surface area contributed by atoms with Gasteiger partial charge in [-0.05, 0) is 32.0 Å². The van der Waals surface area contributed by atoms with Gasteiger partial charge in [0.1, 0.15) is 0 Å². The molecule has 1 aromatic heterocycles. The average Bonchev–Trinajstić information content (AvgIpc) is 2.77. The van der Waals surface area contributed by atoms with Crippen LogP contribution in [0.25, 0.3) is 11.3 Å². The minimum Gasteiger partial charge on any atom is -0.355 e. The zero-order chi connectivity index (χ0) is 14.0. The number of nitrogens with one attached hydrogen (secondary N) is 1. The number of carbonyl (C=O) groups is 1. The van der Waals surface area contributed by atoms with Gasteiger partial charge in [-0.15, -0.1) is 0 Å². The zero-order valence-electron chi connectivity index (χ0n) is 10.4. The molecule has 1 amide bonds. The van der Waals surface area contributed by atoms with Crippen LogP contribution in [0.5, 0.6) is 0 Å². The van der Waals surface area contributed by atoms with E-state index in [0.717, 1.165) is 0 Å². The molecule has 0 atom stereocenters. The first-order chi connectivity index (χ1) is 8.97. The van der Waals surface area contributed by atoms with E-state index in [-0.39, 0.29) is 17.6 Å². The number of hydrogen-bond donors (Lipinski definition) is 1. The Hall–Kier alpha value is -1.52. The van der Waals surface area contributed by atoms with E-state index >= 15 is 0 Å². The van der Waals surface area contributed by atoms with Crippen LogP contribution in [-0.4, -0.2) is 17.1 Å². The van der Waals surface area contributed by atoms with E-state index in [1.165, 1.54) is 0 Å². The quantitative estimate of drug-likeness (QED) is 0.938. The monoisotopic (exact) mass is 298 g/mol. The third-order valence-corrected chi connectivity index (χ3v) is 2.91. The molecule has 1 heterocycles. The second-order valence-electron chi connectivity index (χ2n) is 4.33.